The number of hydrogen-bond acceptors (Lipinski definition) is 9. The lowest BCUT2D eigenvalue weighted by atomic mass is 10.1. The van der Waals surface area contributed by atoms with Crippen LogP contribution in [0.1, 0.15) is 38.9 Å². The first-order valence-electron chi connectivity index (χ1n) is 11.9. The van der Waals surface area contributed by atoms with E-state index in [2.05, 4.69) is 31.1 Å². The number of aromatic nitrogens is 3. The molecular weight excluding hydrogens is 426 g/mol. The molecule has 4 N–H and O–H groups in total. The topological polar surface area (TPSA) is 143 Å². The van der Waals surface area contributed by atoms with Crippen LogP contribution in [0.4, 0.5) is 17.2 Å². The Kier molecular flexibility index (Phi) is 4.52. The van der Waals surface area contributed by atoms with Gasteiger partial charge in [-0.25, -0.2) is 4.98 Å². The van der Waals surface area contributed by atoms with E-state index in [4.69, 9.17) is 13.3 Å². The van der Waals surface area contributed by atoms with Crippen molar-refractivity contribution in [2.24, 2.45) is 5.92 Å². The molecule has 2 aliphatic rings. The van der Waals surface area contributed by atoms with E-state index in [9.17, 15) is 9.59 Å². The van der Waals surface area contributed by atoms with Crippen molar-refractivity contribution in [3.63, 3.8) is 0 Å². The molecule has 1 saturated carbocycles. The van der Waals surface area contributed by atoms with Crippen molar-refractivity contribution in [2.75, 3.05) is 24.7 Å². The number of ether oxygens (including phenoxy) is 1. The zero-order valence-corrected chi connectivity index (χ0v) is 17.7. The van der Waals surface area contributed by atoms with Crippen LogP contribution in [0.2, 0.25) is 0 Å². The molecule has 0 spiro atoms. The Morgan fingerprint density at radius 1 is 1.24 bits per heavy atom. The van der Waals surface area contributed by atoms with Crippen molar-refractivity contribution < 1.29 is 22.9 Å². The molecule has 3 aromatic rings. The summed E-state index contributed by atoms with van der Waals surface area (Å²) in [5, 5.41) is 18.6. The van der Waals surface area contributed by atoms with Crippen LogP contribution in [0.15, 0.2) is 28.7 Å². The molecule has 1 aliphatic heterocycles. The maximum Gasteiger partial charge on any atom is 0.273 e. The molecule has 3 heterocycles. The minimum absolute atomic E-state index is 0.0730. The Morgan fingerprint density at radius 3 is 2.88 bits per heavy atom. The van der Waals surface area contributed by atoms with Gasteiger partial charge in [0.25, 0.3) is 5.91 Å². The molecule has 2 amide bonds. The second kappa shape index (κ2) is 8.51. The van der Waals surface area contributed by atoms with Crippen molar-refractivity contribution in [2.45, 2.75) is 25.9 Å². The lowest BCUT2D eigenvalue weighted by Gasteiger charge is -2.16. The summed E-state index contributed by atoms with van der Waals surface area (Å²) in [6.45, 7) is -1.53. The molecule has 0 radical (unpaired) electrons. The van der Waals surface area contributed by atoms with E-state index in [-0.39, 0.29) is 29.0 Å². The summed E-state index contributed by atoms with van der Waals surface area (Å²) in [7, 11) is 1.48. The maximum absolute atomic E-state index is 12.7. The third kappa shape index (κ3) is 4.10. The van der Waals surface area contributed by atoms with Crippen LogP contribution in [0.5, 0.6) is 5.75 Å². The lowest BCUT2D eigenvalue weighted by molar-refractivity contribution is -0.117. The molecule has 33 heavy (non-hydrogen) atoms. The number of nitrogens with zero attached hydrogens (tertiary/aromatic N) is 3. The van der Waals surface area contributed by atoms with E-state index >= 15 is 0 Å². The van der Waals surface area contributed by atoms with Gasteiger partial charge in [-0.2, -0.15) is 0 Å². The van der Waals surface area contributed by atoms with E-state index in [1.807, 2.05) is 5.32 Å². The first-order chi connectivity index (χ1) is 17.2. The van der Waals surface area contributed by atoms with Gasteiger partial charge in [0.15, 0.2) is 17.3 Å². The molecule has 2 aromatic heterocycles. The third-order valence-electron chi connectivity index (χ3n) is 5.40. The number of fused-ring (bicyclic) bond motifs is 1. The van der Waals surface area contributed by atoms with Gasteiger partial charge in [0.1, 0.15) is 5.76 Å². The standard InChI is InChI=1S/C22H23N7O4/c1-23-21(31)18-14(8-17(28-29-18)27-20(30)11-6-7-11)25-13-5-3-4-12(19(13)32-2)22-26-15-9-24-10-16(15)33-22/h3-5,8,11,24H,6-7,9-10H2,1-2H3,(H,23,31)(H2,25,27,28,30)/i1D3. The molecule has 0 atom stereocenters. The Labute approximate surface area is 193 Å². The highest BCUT2D eigenvalue weighted by molar-refractivity contribution is 6.00. The van der Waals surface area contributed by atoms with Gasteiger partial charge >= 0.3 is 0 Å². The van der Waals surface area contributed by atoms with Crippen molar-refractivity contribution in [1.29, 1.82) is 0 Å². The van der Waals surface area contributed by atoms with Crippen LogP contribution in [0.3, 0.4) is 0 Å². The number of para-hydroxylation sites is 1. The quantitative estimate of drug-likeness (QED) is 0.424. The molecule has 0 unspecified atom stereocenters. The number of carbonyl (C=O) groups excluding carboxylic acids is 2. The fourth-order valence-corrected chi connectivity index (χ4v) is 3.59. The molecule has 11 heteroatoms. The van der Waals surface area contributed by atoms with E-state index < -0.39 is 12.9 Å². The number of carbonyl (C=O) groups is 2. The number of nitrogens with one attached hydrogen (secondary N) is 4. The van der Waals surface area contributed by atoms with Crippen LogP contribution < -0.4 is 26.0 Å². The van der Waals surface area contributed by atoms with Crippen molar-refractivity contribution in [1.82, 2.24) is 25.8 Å². The molecule has 0 saturated heterocycles. The number of rotatable bonds is 7. The first kappa shape index (κ1) is 17.6. The highest BCUT2D eigenvalue weighted by Crippen LogP contribution is 2.39. The van der Waals surface area contributed by atoms with Crippen LogP contribution in [-0.2, 0) is 17.9 Å². The zero-order valence-electron chi connectivity index (χ0n) is 20.7. The number of benzene rings is 1. The Bertz CT molecular complexity index is 1320. The van der Waals surface area contributed by atoms with E-state index in [0.29, 0.717) is 36.0 Å². The van der Waals surface area contributed by atoms with Crippen molar-refractivity contribution in [3.8, 4) is 17.2 Å². The van der Waals surface area contributed by atoms with Gasteiger partial charge in [-0.05, 0) is 25.0 Å². The van der Waals surface area contributed by atoms with Crippen LogP contribution in [0.25, 0.3) is 11.5 Å². The molecular formula is C22H23N7O4. The molecule has 1 aliphatic carbocycles. The van der Waals surface area contributed by atoms with Crippen molar-refractivity contribution >= 4 is 29.0 Å². The van der Waals surface area contributed by atoms with Gasteiger partial charge in [0, 0.05) is 29.6 Å². The highest BCUT2D eigenvalue weighted by Gasteiger charge is 2.30. The predicted molar refractivity (Wildman–Crippen MR) is 119 cm³/mol. The van der Waals surface area contributed by atoms with Gasteiger partial charge in [0.2, 0.25) is 11.8 Å². The summed E-state index contributed by atoms with van der Waals surface area (Å²) in [4.78, 5) is 29.4. The van der Waals surface area contributed by atoms with Crippen LogP contribution in [-0.4, -0.2) is 41.1 Å². The minimum Gasteiger partial charge on any atom is -0.494 e. The van der Waals surface area contributed by atoms with Crippen molar-refractivity contribution in [3.05, 3.63) is 41.4 Å². The average molecular weight is 452 g/mol. The van der Waals surface area contributed by atoms with Crippen LogP contribution >= 0.6 is 0 Å². The van der Waals surface area contributed by atoms with E-state index in [1.165, 1.54) is 13.2 Å². The second-order valence-corrected chi connectivity index (χ2v) is 7.71. The summed E-state index contributed by atoms with van der Waals surface area (Å²) >= 11 is 0. The summed E-state index contributed by atoms with van der Waals surface area (Å²) in [6.07, 6.45) is 1.60. The maximum atomic E-state index is 12.7. The molecule has 1 fully saturated rings. The number of hydrogen-bond donors (Lipinski definition) is 4. The SMILES string of the molecule is [2H]C([2H])([2H])NC(=O)c1nnc(NC(=O)C2CC2)cc1Nc1cccc(-c2nc3c(o2)CNC3)c1OC. The summed E-state index contributed by atoms with van der Waals surface area (Å²) in [5.74, 6) is 0.407. The summed E-state index contributed by atoms with van der Waals surface area (Å²) in [5.41, 5.74) is 1.68. The fourth-order valence-electron chi connectivity index (χ4n) is 3.59. The molecule has 170 valence electrons. The first-order valence-corrected chi connectivity index (χ1v) is 10.4. The Morgan fingerprint density at radius 2 is 2.12 bits per heavy atom. The number of methoxy groups -OCH3 is 1. The van der Waals surface area contributed by atoms with Gasteiger partial charge < -0.3 is 30.4 Å². The van der Waals surface area contributed by atoms with Crippen LogP contribution in [0, 0.1) is 5.92 Å². The number of amides is 2. The van der Waals surface area contributed by atoms with Gasteiger partial charge in [-0.3, -0.25) is 9.59 Å². The Balaban J connectivity index is 1.51. The zero-order chi connectivity index (χ0) is 25.4. The predicted octanol–water partition coefficient (Wildman–Crippen LogP) is 2.20. The molecule has 5 rings (SSSR count). The normalized spacial score (nSPS) is 16.2. The molecule has 11 nitrogen and oxygen atoms in total. The molecule has 1 aromatic carbocycles. The highest BCUT2D eigenvalue weighted by atomic mass is 16.5. The minimum atomic E-state index is -2.73. The van der Waals surface area contributed by atoms with E-state index in [0.717, 1.165) is 24.3 Å². The lowest BCUT2D eigenvalue weighted by Crippen LogP contribution is -2.22. The van der Waals surface area contributed by atoms with Gasteiger partial charge in [0.05, 0.1) is 36.3 Å². The third-order valence-corrected chi connectivity index (χ3v) is 5.40. The smallest absolute Gasteiger partial charge is 0.273 e. The monoisotopic (exact) mass is 452 g/mol. The largest absolute Gasteiger partial charge is 0.494 e. The molecule has 0 bridgehead atoms. The summed E-state index contributed by atoms with van der Waals surface area (Å²) < 4.78 is 33.6. The van der Waals surface area contributed by atoms with Gasteiger partial charge in [-0.1, -0.05) is 6.07 Å². The number of oxazole rings is 1. The fraction of sp³-hybridized carbons (Fsp3) is 0.318. The van der Waals surface area contributed by atoms with E-state index in [1.54, 1.807) is 18.2 Å². The second-order valence-electron chi connectivity index (χ2n) is 7.71. The number of anilines is 3. The average Bonchev–Trinajstić information content (AvgIpc) is 3.45. The Hall–Kier alpha value is -3.99. The summed E-state index contributed by atoms with van der Waals surface area (Å²) in [6, 6.07) is 6.65. The van der Waals surface area contributed by atoms with Gasteiger partial charge in [-0.15, -0.1) is 10.2 Å².